The van der Waals surface area contributed by atoms with Crippen molar-refractivity contribution in [3.05, 3.63) is 0 Å². The molecule has 0 fully saturated rings. The average molecular weight is 242 g/mol. The Kier molecular flexibility index (Phi) is 5.08. The first-order valence-corrected chi connectivity index (χ1v) is 8.18. The molecule has 6 heteroatoms. The van der Waals surface area contributed by atoms with Gasteiger partial charge in [-0.25, -0.2) is 16.8 Å². The fraction of sp³-hybridized carbons (Fsp3) is 1.00. The maximum absolute atomic E-state index is 11.5. The summed E-state index contributed by atoms with van der Waals surface area (Å²) >= 11 is 0. The molecule has 0 amide bonds. The zero-order valence-electron chi connectivity index (χ0n) is 8.86. The van der Waals surface area contributed by atoms with Crippen molar-refractivity contribution < 1.29 is 16.8 Å². The molecular weight excluding hydrogens is 224 g/mol. The lowest BCUT2D eigenvalue weighted by atomic mass is 10.4. The van der Waals surface area contributed by atoms with E-state index in [0.29, 0.717) is 6.42 Å². The zero-order valence-corrected chi connectivity index (χ0v) is 10.5. The van der Waals surface area contributed by atoms with Gasteiger partial charge in [0.2, 0.25) is 0 Å². The molecule has 0 aromatic heterocycles. The van der Waals surface area contributed by atoms with Gasteiger partial charge in [0, 0.05) is 11.5 Å². The Morgan fingerprint density at radius 3 is 1.43 bits per heavy atom. The summed E-state index contributed by atoms with van der Waals surface area (Å²) in [6.45, 7) is 4.73. The first-order chi connectivity index (χ1) is 6.31. The fourth-order valence-electron chi connectivity index (χ4n) is 1.19. The summed E-state index contributed by atoms with van der Waals surface area (Å²) in [5, 5.41) is 0. The summed E-state index contributed by atoms with van der Waals surface area (Å²) in [5.74, 6) is -0.228. The lowest BCUT2D eigenvalue weighted by molar-refractivity contribution is 0.569. The minimum Gasteiger partial charge on any atom is -0.228 e. The molecule has 0 rings (SSSR count). The minimum absolute atomic E-state index is 0.114. The fourth-order valence-corrected chi connectivity index (χ4v) is 5.73. The van der Waals surface area contributed by atoms with Gasteiger partial charge in [-0.1, -0.05) is 27.2 Å². The predicted molar refractivity (Wildman–Crippen MR) is 57.6 cm³/mol. The van der Waals surface area contributed by atoms with Gasteiger partial charge in [0.1, 0.15) is 0 Å². The highest BCUT2D eigenvalue weighted by Crippen LogP contribution is 2.17. The maximum Gasteiger partial charge on any atom is 0.167 e. The van der Waals surface area contributed by atoms with Crippen molar-refractivity contribution in [3.63, 3.8) is 0 Å². The first-order valence-electron chi connectivity index (χ1n) is 4.74. The third-order valence-electron chi connectivity index (χ3n) is 2.13. The van der Waals surface area contributed by atoms with Crippen LogP contribution in [0.15, 0.2) is 0 Å². The normalized spacial score (nSPS) is 13.4. The van der Waals surface area contributed by atoms with Crippen LogP contribution in [0.2, 0.25) is 0 Å². The van der Waals surface area contributed by atoms with E-state index in [1.54, 1.807) is 6.92 Å². The monoisotopic (exact) mass is 242 g/mol. The van der Waals surface area contributed by atoms with E-state index in [1.165, 1.54) is 13.8 Å². The van der Waals surface area contributed by atoms with E-state index >= 15 is 0 Å². The highest BCUT2D eigenvalue weighted by molar-refractivity contribution is 8.09. The number of rotatable bonds is 6. The second-order valence-corrected chi connectivity index (χ2v) is 8.36. The highest BCUT2D eigenvalue weighted by Gasteiger charge is 2.33. The molecule has 4 nitrogen and oxygen atoms in total. The molecule has 0 bridgehead atoms. The summed E-state index contributed by atoms with van der Waals surface area (Å²) in [6, 6.07) is 0. The van der Waals surface area contributed by atoms with Crippen LogP contribution in [0.25, 0.3) is 0 Å². The molecular formula is C8H18O4S2. The Bertz CT molecular complexity index is 319. The van der Waals surface area contributed by atoms with Crippen molar-refractivity contribution >= 4 is 19.7 Å². The molecule has 0 radical (unpaired) electrons. The van der Waals surface area contributed by atoms with Gasteiger partial charge in [-0.2, -0.15) is 0 Å². The van der Waals surface area contributed by atoms with Gasteiger partial charge >= 0.3 is 0 Å². The van der Waals surface area contributed by atoms with E-state index in [4.69, 9.17) is 0 Å². The smallest absolute Gasteiger partial charge is 0.167 e. The molecule has 0 unspecified atom stereocenters. The number of hydrogen-bond acceptors (Lipinski definition) is 4. The van der Waals surface area contributed by atoms with E-state index in [9.17, 15) is 16.8 Å². The van der Waals surface area contributed by atoms with Crippen LogP contribution < -0.4 is 0 Å². The molecule has 0 aliphatic rings. The van der Waals surface area contributed by atoms with Crippen molar-refractivity contribution in [2.75, 3.05) is 11.5 Å². The lowest BCUT2D eigenvalue weighted by Gasteiger charge is -2.15. The van der Waals surface area contributed by atoms with Crippen LogP contribution in [-0.4, -0.2) is 32.9 Å². The van der Waals surface area contributed by atoms with Gasteiger partial charge in [-0.3, -0.25) is 0 Å². The Labute approximate surface area is 86.5 Å². The Morgan fingerprint density at radius 2 is 1.21 bits per heavy atom. The predicted octanol–water partition coefficient (Wildman–Crippen LogP) is 0.982. The minimum atomic E-state index is -3.48. The quantitative estimate of drug-likeness (QED) is 0.696. The first kappa shape index (κ1) is 13.9. The van der Waals surface area contributed by atoms with E-state index in [2.05, 4.69) is 0 Å². The van der Waals surface area contributed by atoms with E-state index in [1.807, 2.05) is 0 Å². The summed E-state index contributed by atoms with van der Waals surface area (Å²) in [5.41, 5.74) is 0. The van der Waals surface area contributed by atoms with E-state index in [-0.39, 0.29) is 17.9 Å². The Morgan fingerprint density at radius 1 is 0.857 bits per heavy atom. The van der Waals surface area contributed by atoms with E-state index < -0.39 is 24.3 Å². The van der Waals surface area contributed by atoms with Crippen molar-refractivity contribution in [3.8, 4) is 0 Å². The topological polar surface area (TPSA) is 68.3 Å². The number of hydrogen-bond donors (Lipinski definition) is 0. The van der Waals surface area contributed by atoms with Gasteiger partial charge in [0.25, 0.3) is 0 Å². The van der Waals surface area contributed by atoms with Crippen molar-refractivity contribution in [1.29, 1.82) is 0 Å². The summed E-state index contributed by atoms with van der Waals surface area (Å²) < 4.78 is 44.9. The van der Waals surface area contributed by atoms with Gasteiger partial charge in [0.05, 0.1) is 0 Å². The molecule has 0 spiro atoms. The van der Waals surface area contributed by atoms with Crippen LogP contribution in [0.1, 0.15) is 33.6 Å². The molecule has 0 aliphatic heterocycles. The van der Waals surface area contributed by atoms with Crippen LogP contribution in [-0.2, 0) is 19.7 Å². The molecule has 14 heavy (non-hydrogen) atoms. The van der Waals surface area contributed by atoms with Crippen LogP contribution >= 0.6 is 0 Å². The van der Waals surface area contributed by atoms with Gasteiger partial charge in [-0.15, -0.1) is 0 Å². The third-order valence-corrected chi connectivity index (χ3v) is 7.57. The second kappa shape index (κ2) is 5.11. The summed E-state index contributed by atoms with van der Waals surface area (Å²) in [4.78, 5) is 0. The van der Waals surface area contributed by atoms with Crippen LogP contribution in [0, 0.1) is 0 Å². The van der Waals surface area contributed by atoms with Crippen molar-refractivity contribution in [2.45, 2.75) is 38.2 Å². The molecule has 86 valence electrons. The van der Waals surface area contributed by atoms with Crippen LogP contribution in [0.4, 0.5) is 0 Å². The molecule has 0 N–H and O–H groups in total. The van der Waals surface area contributed by atoms with Crippen molar-refractivity contribution in [2.24, 2.45) is 0 Å². The standard InChI is InChI=1S/C8H18O4S2/c1-4-7-8(13(9,10)5-2)14(11,12)6-3/h8H,4-7H2,1-3H3. The Balaban J connectivity index is 5.18. The van der Waals surface area contributed by atoms with Crippen molar-refractivity contribution in [1.82, 2.24) is 0 Å². The largest absolute Gasteiger partial charge is 0.228 e. The second-order valence-electron chi connectivity index (χ2n) is 3.12. The molecule has 0 saturated carbocycles. The van der Waals surface area contributed by atoms with Gasteiger partial charge in [-0.05, 0) is 6.42 Å². The lowest BCUT2D eigenvalue weighted by Crippen LogP contribution is -2.32. The maximum atomic E-state index is 11.5. The van der Waals surface area contributed by atoms with E-state index in [0.717, 1.165) is 0 Å². The molecule has 0 aromatic rings. The van der Waals surface area contributed by atoms with Gasteiger partial charge in [0.15, 0.2) is 24.3 Å². The SMILES string of the molecule is CCCC(S(=O)(=O)CC)S(=O)(=O)CC. The summed E-state index contributed by atoms with van der Waals surface area (Å²) in [6.07, 6.45) is 0.759. The van der Waals surface area contributed by atoms with Gasteiger partial charge < -0.3 is 0 Å². The number of sulfone groups is 2. The molecule has 0 aromatic carbocycles. The molecule has 0 saturated heterocycles. The zero-order chi connectivity index (χ0) is 11.4. The molecule has 0 heterocycles. The van der Waals surface area contributed by atoms with Crippen LogP contribution in [0.3, 0.4) is 0 Å². The summed E-state index contributed by atoms with van der Waals surface area (Å²) in [7, 11) is -6.96. The third kappa shape index (κ3) is 3.24. The molecule has 0 aliphatic carbocycles. The molecule has 0 atom stereocenters. The van der Waals surface area contributed by atoms with Crippen LogP contribution in [0.5, 0.6) is 0 Å². The average Bonchev–Trinajstić information content (AvgIpc) is 2.13. The Hall–Kier alpha value is -0.100. The highest BCUT2D eigenvalue weighted by atomic mass is 32.3.